The molecule has 1 amide bonds. The lowest BCUT2D eigenvalue weighted by atomic mass is 10.2. The monoisotopic (exact) mass is 396 g/mol. The average Bonchev–Trinajstić information content (AvgIpc) is 2.81. The van der Waals surface area contributed by atoms with Crippen LogP contribution < -0.4 is 15.4 Å². The number of anilines is 2. The van der Waals surface area contributed by atoms with Gasteiger partial charge in [0.25, 0.3) is 5.91 Å². The summed E-state index contributed by atoms with van der Waals surface area (Å²) in [6, 6.07) is 26.7. The van der Waals surface area contributed by atoms with E-state index in [0.29, 0.717) is 23.8 Å². The zero-order chi connectivity index (χ0) is 20.6. The van der Waals surface area contributed by atoms with E-state index in [0.717, 1.165) is 11.3 Å². The van der Waals surface area contributed by atoms with Gasteiger partial charge in [-0.1, -0.05) is 48.5 Å². The smallest absolute Gasteiger partial charge is 0.275 e. The number of hydrogen-bond acceptors (Lipinski definition) is 5. The van der Waals surface area contributed by atoms with Crippen molar-refractivity contribution in [2.24, 2.45) is 0 Å². The van der Waals surface area contributed by atoms with Crippen LogP contribution in [0.4, 0.5) is 11.5 Å². The van der Waals surface area contributed by atoms with Crippen molar-refractivity contribution in [3.63, 3.8) is 0 Å². The lowest BCUT2D eigenvalue weighted by Gasteiger charge is -2.08. The third-order valence-electron chi connectivity index (χ3n) is 4.29. The number of nitrogens with one attached hydrogen (secondary N) is 2. The Bertz CT molecular complexity index is 1080. The first-order valence-corrected chi connectivity index (χ1v) is 9.50. The molecule has 1 aromatic heterocycles. The van der Waals surface area contributed by atoms with Gasteiger partial charge in [-0.2, -0.15) is 0 Å². The maximum Gasteiger partial charge on any atom is 0.275 e. The number of carbonyl (C=O) groups is 1. The number of nitrogens with zero attached hydrogens (tertiary/aromatic N) is 2. The molecule has 2 N–H and O–H groups in total. The molecular formula is C24H20N4O2. The van der Waals surface area contributed by atoms with E-state index >= 15 is 0 Å². The largest absolute Gasteiger partial charge is 0.457 e. The Hall–Kier alpha value is -4.19. The molecule has 0 aliphatic rings. The summed E-state index contributed by atoms with van der Waals surface area (Å²) in [6.07, 6.45) is 3.00. The minimum Gasteiger partial charge on any atom is -0.457 e. The van der Waals surface area contributed by atoms with Gasteiger partial charge < -0.3 is 15.4 Å². The fraction of sp³-hybridized carbons (Fsp3) is 0.0417. The number of amides is 1. The normalized spacial score (nSPS) is 10.3. The number of hydrogen-bond donors (Lipinski definition) is 2. The van der Waals surface area contributed by atoms with Crippen LogP contribution in [0.1, 0.15) is 16.1 Å². The maximum absolute atomic E-state index is 12.4. The molecule has 4 rings (SSSR count). The van der Waals surface area contributed by atoms with Gasteiger partial charge >= 0.3 is 0 Å². The minimum absolute atomic E-state index is 0.241. The third kappa shape index (κ3) is 5.20. The van der Waals surface area contributed by atoms with Gasteiger partial charge in [0.2, 0.25) is 0 Å². The first kappa shape index (κ1) is 19.1. The van der Waals surface area contributed by atoms with Crippen LogP contribution in [0.2, 0.25) is 0 Å². The molecule has 6 nitrogen and oxygen atoms in total. The Balaban J connectivity index is 1.32. The molecule has 0 bridgehead atoms. The van der Waals surface area contributed by atoms with Crippen molar-refractivity contribution in [2.75, 3.05) is 10.6 Å². The molecule has 0 aliphatic carbocycles. The highest BCUT2D eigenvalue weighted by Gasteiger charge is 2.09. The van der Waals surface area contributed by atoms with Crippen molar-refractivity contribution in [2.45, 2.75) is 6.54 Å². The zero-order valence-electron chi connectivity index (χ0n) is 16.2. The standard InChI is InChI=1S/C24H20N4O2/c29-24(22-16-27-23(17-25-22)26-15-18-7-3-1-4-8-18)28-19-11-13-21(14-12-19)30-20-9-5-2-6-10-20/h1-14,16-17H,15H2,(H,26,27)(H,28,29). The molecule has 0 spiro atoms. The van der Waals surface area contributed by atoms with Gasteiger partial charge in [-0.25, -0.2) is 9.97 Å². The molecule has 4 aromatic rings. The maximum atomic E-state index is 12.4. The van der Waals surface area contributed by atoms with Crippen LogP contribution in [-0.2, 0) is 6.54 Å². The molecule has 0 radical (unpaired) electrons. The number of benzene rings is 3. The lowest BCUT2D eigenvalue weighted by molar-refractivity contribution is 0.102. The second-order valence-corrected chi connectivity index (χ2v) is 6.52. The Morgan fingerprint density at radius 2 is 1.43 bits per heavy atom. The molecule has 0 atom stereocenters. The van der Waals surface area contributed by atoms with Gasteiger partial charge in [-0.05, 0) is 42.0 Å². The van der Waals surface area contributed by atoms with Gasteiger partial charge in [-0.3, -0.25) is 4.79 Å². The van der Waals surface area contributed by atoms with E-state index in [1.807, 2.05) is 60.7 Å². The molecule has 148 valence electrons. The Kier molecular flexibility index (Phi) is 5.96. The van der Waals surface area contributed by atoms with Crippen molar-refractivity contribution < 1.29 is 9.53 Å². The highest BCUT2D eigenvalue weighted by molar-refractivity contribution is 6.02. The van der Waals surface area contributed by atoms with Gasteiger partial charge in [0.05, 0.1) is 12.4 Å². The Morgan fingerprint density at radius 3 is 2.10 bits per heavy atom. The first-order chi connectivity index (χ1) is 14.8. The van der Waals surface area contributed by atoms with Crippen LogP contribution in [0.5, 0.6) is 11.5 Å². The van der Waals surface area contributed by atoms with Crippen molar-refractivity contribution >= 4 is 17.4 Å². The molecule has 0 saturated heterocycles. The van der Waals surface area contributed by atoms with E-state index in [2.05, 4.69) is 20.6 Å². The third-order valence-corrected chi connectivity index (χ3v) is 4.29. The summed E-state index contributed by atoms with van der Waals surface area (Å²) in [4.78, 5) is 20.9. The average molecular weight is 396 g/mol. The minimum atomic E-state index is -0.325. The SMILES string of the molecule is O=C(Nc1ccc(Oc2ccccc2)cc1)c1cnc(NCc2ccccc2)cn1. The number of carbonyl (C=O) groups excluding carboxylic acids is 1. The van der Waals surface area contributed by atoms with E-state index in [4.69, 9.17) is 4.74 Å². The number of aromatic nitrogens is 2. The van der Waals surface area contributed by atoms with Crippen LogP contribution in [0, 0.1) is 0 Å². The molecule has 30 heavy (non-hydrogen) atoms. The second-order valence-electron chi connectivity index (χ2n) is 6.52. The molecule has 0 fully saturated rings. The summed E-state index contributed by atoms with van der Waals surface area (Å²) in [7, 11) is 0. The Morgan fingerprint density at radius 1 is 0.767 bits per heavy atom. The number of rotatable bonds is 7. The molecule has 6 heteroatoms. The van der Waals surface area contributed by atoms with E-state index in [9.17, 15) is 4.79 Å². The summed E-state index contributed by atoms with van der Waals surface area (Å²) >= 11 is 0. The number of para-hydroxylation sites is 1. The molecular weight excluding hydrogens is 376 g/mol. The van der Waals surface area contributed by atoms with Crippen LogP contribution in [-0.4, -0.2) is 15.9 Å². The second kappa shape index (κ2) is 9.34. The first-order valence-electron chi connectivity index (χ1n) is 9.50. The van der Waals surface area contributed by atoms with Crippen LogP contribution in [0.15, 0.2) is 97.3 Å². The van der Waals surface area contributed by atoms with Crippen molar-refractivity contribution in [3.8, 4) is 11.5 Å². The predicted octanol–water partition coefficient (Wildman–Crippen LogP) is 5.13. The molecule has 1 heterocycles. The Labute approximate surface area is 174 Å². The van der Waals surface area contributed by atoms with Gasteiger partial charge in [0.1, 0.15) is 23.0 Å². The van der Waals surface area contributed by atoms with E-state index in [1.54, 1.807) is 30.5 Å². The zero-order valence-corrected chi connectivity index (χ0v) is 16.2. The van der Waals surface area contributed by atoms with Crippen molar-refractivity contribution in [1.82, 2.24) is 9.97 Å². The van der Waals surface area contributed by atoms with Gasteiger partial charge in [0.15, 0.2) is 0 Å². The van der Waals surface area contributed by atoms with Crippen molar-refractivity contribution in [3.05, 3.63) is 109 Å². The highest BCUT2D eigenvalue weighted by atomic mass is 16.5. The predicted molar refractivity (Wildman–Crippen MR) is 117 cm³/mol. The van der Waals surface area contributed by atoms with Crippen LogP contribution in [0.25, 0.3) is 0 Å². The summed E-state index contributed by atoms with van der Waals surface area (Å²) in [5.74, 6) is 1.73. The molecule has 0 unspecified atom stereocenters. The van der Waals surface area contributed by atoms with Crippen molar-refractivity contribution in [1.29, 1.82) is 0 Å². The fourth-order valence-corrected chi connectivity index (χ4v) is 2.75. The summed E-state index contributed by atoms with van der Waals surface area (Å²) in [5, 5.41) is 5.99. The lowest BCUT2D eigenvalue weighted by Crippen LogP contribution is -2.14. The summed E-state index contributed by atoms with van der Waals surface area (Å²) < 4.78 is 5.75. The van der Waals surface area contributed by atoms with Crippen LogP contribution in [0.3, 0.4) is 0 Å². The molecule has 0 aliphatic heterocycles. The summed E-state index contributed by atoms with van der Waals surface area (Å²) in [5.41, 5.74) is 2.03. The van der Waals surface area contributed by atoms with E-state index in [1.165, 1.54) is 6.20 Å². The quantitative estimate of drug-likeness (QED) is 0.453. The van der Waals surface area contributed by atoms with Crippen LogP contribution >= 0.6 is 0 Å². The molecule has 3 aromatic carbocycles. The summed E-state index contributed by atoms with van der Waals surface area (Å²) in [6.45, 7) is 0.637. The highest BCUT2D eigenvalue weighted by Crippen LogP contribution is 2.22. The van der Waals surface area contributed by atoms with E-state index < -0.39 is 0 Å². The fourth-order valence-electron chi connectivity index (χ4n) is 2.75. The van der Waals surface area contributed by atoms with Gasteiger partial charge in [0, 0.05) is 12.2 Å². The topological polar surface area (TPSA) is 76.1 Å². The van der Waals surface area contributed by atoms with Gasteiger partial charge in [-0.15, -0.1) is 0 Å². The number of ether oxygens (including phenoxy) is 1. The molecule has 0 saturated carbocycles. The van der Waals surface area contributed by atoms with E-state index in [-0.39, 0.29) is 11.6 Å².